The van der Waals surface area contributed by atoms with Gasteiger partial charge in [0.25, 0.3) is 0 Å². The smallest absolute Gasteiger partial charge is 0.305 e. The fraction of sp³-hybridized carbons (Fsp3) is 0.676. The molecule has 4 amide bonds. The molecular weight excluding hydrogens is 658 g/mol. The van der Waals surface area contributed by atoms with Gasteiger partial charge in [0, 0.05) is 13.0 Å². The zero-order valence-electron chi connectivity index (χ0n) is 29.8. The quantitative estimate of drug-likeness (QED) is 0.0822. The van der Waals surface area contributed by atoms with Gasteiger partial charge in [0.05, 0.1) is 19.7 Å². The van der Waals surface area contributed by atoms with Crippen LogP contribution in [0.25, 0.3) is 0 Å². The third-order valence-electron chi connectivity index (χ3n) is 8.60. The van der Waals surface area contributed by atoms with Crippen LogP contribution in [0, 0.1) is 19.8 Å². The molecule has 1 saturated carbocycles. The summed E-state index contributed by atoms with van der Waals surface area (Å²) < 4.78 is 12.4. The summed E-state index contributed by atoms with van der Waals surface area (Å²) in [6, 6.07) is 0.568. The molecule has 2 rings (SSSR count). The number of hydrogen-bond acceptors (Lipinski definition) is 9. The van der Waals surface area contributed by atoms with Gasteiger partial charge < -0.3 is 36.8 Å². The Hall–Kier alpha value is -3.03. The number of phenols is 1. The molecule has 3 atom stereocenters. The minimum atomic E-state index is -0.952. The van der Waals surface area contributed by atoms with Crippen molar-refractivity contribution in [2.24, 2.45) is 11.6 Å². The van der Waals surface area contributed by atoms with Crippen LogP contribution < -0.4 is 27.0 Å². The second-order valence-electron chi connectivity index (χ2n) is 12.4. The number of thioether (sulfide) groups is 1. The van der Waals surface area contributed by atoms with Crippen molar-refractivity contribution in [3.8, 4) is 5.75 Å². The first-order valence-electron chi connectivity index (χ1n) is 17.2. The van der Waals surface area contributed by atoms with Crippen LogP contribution in [-0.2, 0) is 35.1 Å². The zero-order chi connectivity index (χ0) is 35.5. The largest absolute Gasteiger partial charge is 0.508 e. The summed E-state index contributed by atoms with van der Waals surface area (Å²) in [6.07, 6.45) is 10.7. The second-order valence-corrected chi connectivity index (χ2v) is 13.4. The highest BCUT2D eigenvalue weighted by Gasteiger charge is 2.28. The lowest BCUT2D eigenvalue weighted by Gasteiger charge is -2.27. The first-order valence-corrected chi connectivity index (χ1v) is 18.1. The molecule has 0 bridgehead atoms. The Morgan fingerprint density at radius 3 is 2.27 bits per heavy atom. The lowest BCUT2D eigenvalue weighted by atomic mass is 9.84. The maximum atomic E-state index is 13.2. The average molecular weight is 715 g/mol. The van der Waals surface area contributed by atoms with Gasteiger partial charge in [-0.25, -0.2) is 0 Å². The maximum absolute atomic E-state index is 13.2. The van der Waals surface area contributed by atoms with E-state index in [1.807, 2.05) is 20.1 Å². The summed E-state index contributed by atoms with van der Waals surface area (Å²) in [6.45, 7) is 3.70. The van der Waals surface area contributed by atoms with Gasteiger partial charge in [-0.05, 0) is 92.7 Å². The van der Waals surface area contributed by atoms with E-state index in [9.17, 15) is 29.1 Å². The highest BCUT2D eigenvalue weighted by Crippen LogP contribution is 2.27. The predicted molar refractivity (Wildman–Crippen MR) is 191 cm³/mol. The molecule has 0 radical (unpaired) electrons. The van der Waals surface area contributed by atoms with E-state index in [1.165, 1.54) is 25.3 Å². The fourth-order valence-electron chi connectivity index (χ4n) is 5.90. The molecular formula is C34H56ClN5O7S. The van der Waals surface area contributed by atoms with Crippen molar-refractivity contribution in [2.75, 3.05) is 32.2 Å². The van der Waals surface area contributed by atoms with Gasteiger partial charge in [0.2, 0.25) is 23.6 Å². The first kappa shape index (κ1) is 41.1. The van der Waals surface area contributed by atoms with Crippen LogP contribution in [-0.4, -0.2) is 85.0 Å². The molecule has 1 fully saturated rings. The van der Waals surface area contributed by atoms with Crippen molar-refractivity contribution >= 4 is 53.8 Å². The Balaban J connectivity index is 0.0000120. The second kappa shape index (κ2) is 23.3. The minimum Gasteiger partial charge on any atom is -0.508 e. The van der Waals surface area contributed by atoms with E-state index in [0.29, 0.717) is 50.3 Å². The minimum absolute atomic E-state index is 0. The molecule has 0 aromatic heterocycles. The number of carbonyl (C=O) groups excluding carboxylic acids is 5. The number of amides is 4. The van der Waals surface area contributed by atoms with E-state index >= 15 is 0 Å². The molecule has 12 nitrogen and oxygen atoms in total. The molecule has 1 aliphatic rings. The van der Waals surface area contributed by atoms with Crippen molar-refractivity contribution in [1.82, 2.24) is 21.3 Å². The zero-order valence-corrected chi connectivity index (χ0v) is 30.4. The SMILES string of the molecule is Cl.[2H]N[C@@H](Cc1c(C)cc(O)cc1C)C(=O)N[C@@H](CCSC)C(=O)NCC(=O)N[C@@H](CC1CCCCC1)C(=O)NCCCCCC(=O)OC. The van der Waals surface area contributed by atoms with Crippen molar-refractivity contribution in [2.45, 2.75) is 109 Å². The van der Waals surface area contributed by atoms with Gasteiger partial charge in [-0.1, -0.05) is 38.5 Å². The number of phenolic OH excluding ortho intramolecular Hbond substituents is 1. The molecule has 1 aromatic carbocycles. The highest BCUT2D eigenvalue weighted by atomic mass is 35.5. The van der Waals surface area contributed by atoms with Gasteiger partial charge in [0.1, 0.15) is 19.2 Å². The normalized spacial score (nSPS) is 15.1. The Labute approximate surface area is 297 Å². The number of nitrogens with two attached hydrogens (primary N) is 1. The Morgan fingerprint density at radius 1 is 0.979 bits per heavy atom. The number of aromatic hydroxyl groups is 1. The van der Waals surface area contributed by atoms with Crippen LogP contribution in [0.5, 0.6) is 5.75 Å². The van der Waals surface area contributed by atoms with Crippen molar-refractivity contribution in [3.63, 3.8) is 0 Å². The maximum Gasteiger partial charge on any atom is 0.305 e. The van der Waals surface area contributed by atoms with Gasteiger partial charge >= 0.3 is 5.97 Å². The van der Waals surface area contributed by atoms with E-state index in [2.05, 4.69) is 31.7 Å². The lowest BCUT2D eigenvalue weighted by Crippen LogP contribution is -2.54. The van der Waals surface area contributed by atoms with Gasteiger partial charge in [-0.3, -0.25) is 24.0 Å². The third-order valence-corrected chi connectivity index (χ3v) is 9.25. The monoisotopic (exact) mass is 714 g/mol. The summed E-state index contributed by atoms with van der Waals surface area (Å²) >= 11 is 1.51. The topological polar surface area (TPSA) is 189 Å². The molecule has 14 heteroatoms. The first-order chi connectivity index (χ1) is 23.0. The Kier molecular flexibility index (Phi) is 20.0. The average Bonchev–Trinajstić information content (AvgIpc) is 3.06. The van der Waals surface area contributed by atoms with Gasteiger partial charge in [-0.15, -0.1) is 12.4 Å². The molecule has 0 spiro atoms. The number of ether oxygens (including phenoxy) is 1. The number of carbonyl (C=O) groups is 5. The van der Waals surface area contributed by atoms with E-state index < -0.39 is 35.8 Å². The highest BCUT2D eigenvalue weighted by molar-refractivity contribution is 7.98. The number of halogens is 1. The number of benzene rings is 1. The van der Waals surface area contributed by atoms with Gasteiger partial charge in [0.15, 0.2) is 0 Å². The third kappa shape index (κ3) is 15.9. The number of unbranched alkanes of at least 4 members (excludes halogenated alkanes) is 2. The summed E-state index contributed by atoms with van der Waals surface area (Å²) in [4.78, 5) is 63.9. The number of aryl methyl sites for hydroxylation is 2. The molecule has 1 aliphatic carbocycles. The number of rotatable bonds is 21. The number of methoxy groups -OCH3 is 1. The van der Waals surface area contributed by atoms with E-state index in [1.54, 1.807) is 12.1 Å². The molecule has 48 heavy (non-hydrogen) atoms. The van der Waals surface area contributed by atoms with Crippen molar-refractivity contribution < 1.29 is 35.2 Å². The van der Waals surface area contributed by atoms with Crippen LogP contribution in [0.4, 0.5) is 0 Å². The molecule has 272 valence electrons. The summed E-state index contributed by atoms with van der Waals surface area (Å²) in [7, 11) is 1.35. The Morgan fingerprint density at radius 2 is 1.65 bits per heavy atom. The Bertz CT molecular complexity index is 1200. The summed E-state index contributed by atoms with van der Waals surface area (Å²) in [5.74, 6) is -1.08. The lowest BCUT2D eigenvalue weighted by molar-refractivity contribution is -0.140. The van der Waals surface area contributed by atoms with Crippen LogP contribution in [0.2, 0.25) is 1.41 Å². The molecule has 0 unspecified atom stereocenters. The van der Waals surface area contributed by atoms with E-state index in [0.717, 1.165) is 48.8 Å². The standard InChI is InChI=1S/C34H55N5O7S.ClH/c1-22-17-25(40)18-23(2)26(22)20-27(35)32(43)39-28(14-16-47-4)33(44)37-21-30(41)38-29(19-24-11-7-5-8-12-24)34(45)36-15-10-6-9-13-31(42)46-3;/h17-18,24,27-29,40H,5-16,19-21,35H2,1-4H3,(H,36,45)(H,37,44)(H,38,41)(H,39,43);1H/t27-,28-,29-;/m0./s1/i/hD. The molecule has 0 aliphatic heterocycles. The van der Waals surface area contributed by atoms with Crippen LogP contribution >= 0.6 is 24.2 Å². The number of hydrogen-bond donors (Lipinski definition) is 6. The van der Waals surface area contributed by atoms with Crippen molar-refractivity contribution in [3.05, 3.63) is 28.8 Å². The number of esters is 1. The van der Waals surface area contributed by atoms with E-state index in [-0.39, 0.29) is 43.0 Å². The number of nitrogens with one attached hydrogen (secondary N) is 4. The van der Waals surface area contributed by atoms with E-state index in [4.69, 9.17) is 1.41 Å². The predicted octanol–water partition coefficient (Wildman–Crippen LogP) is 2.96. The molecule has 7 N–H and O–H groups in total. The molecule has 0 heterocycles. The van der Waals surface area contributed by atoms with Crippen LogP contribution in [0.1, 0.15) is 87.3 Å². The van der Waals surface area contributed by atoms with Crippen LogP contribution in [0.3, 0.4) is 0 Å². The summed E-state index contributed by atoms with van der Waals surface area (Å²) in [5.41, 5.74) is 4.68. The summed E-state index contributed by atoms with van der Waals surface area (Å²) in [5, 5.41) is 20.9. The molecule has 0 saturated heterocycles. The van der Waals surface area contributed by atoms with Gasteiger partial charge in [-0.2, -0.15) is 11.8 Å². The molecule has 1 aromatic rings. The van der Waals surface area contributed by atoms with Crippen molar-refractivity contribution in [1.29, 1.82) is 0 Å². The fourth-order valence-corrected chi connectivity index (χ4v) is 6.37. The van der Waals surface area contributed by atoms with Crippen LogP contribution in [0.15, 0.2) is 12.1 Å².